The molecule has 0 radical (unpaired) electrons. The minimum absolute atomic E-state index is 0.0981. The average molecular weight is 405 g/mol. The number of rotatable bonds is 6. The van der Waals surface area contributed by atoms with E-state index in [4.69, 9.17) is 0 Å². The highest BCUT2D eigenvalue weighted by Crippen LogP contribution is 2.24. The number of aromatic amines is 1. The van der Waals surface area contributed by atoms with Crippen LogP contribution in [-0.2, 0) is 11.2 Å². The number of ether oxygens (including phenoxy) is 1. The van der Waals surface area contributed by atoms with Crippen molar-refractivity contribution in [3.05, 3.63) is 70.3 Å². The van der Waals surface area contributed by atoms with Gasteiger partial charge in [0.1, 0.15) is 11.6 Å². The van der Waals surface area contributed by atoms with Crippen LogP contribution in [-0.4, -0.2) is 22.2 Å². The topological polar surface area (TPSA) is 84.1 Å². The number of H-pyrrole nitrogens is 1. The van der Waals surface area contributed by atoms with Crippen LogP contribution in [0.15, 0.2) is 53.3 Å². The lowest BCUT2D eigenvalue weighted by Crippen LogP contribution is -2.27. The van der Waals surface area contributed by atoms with Crippen molar-refractivity contribution in [1.29, 1.82) is 0 Å². The van der Waals surface area contributed by atoms with Crippen LogP contribution in [0.25, 0.3) is 10.9 Å². The van der Waals surface area contributed by atoms with Crippen LogP contribution in [0.3, 0.4) is 0 Å². The number of nitrogens with one attached hydrogen (secondary N) is 2. The second-order valence-electron chi connectivity index (χ2n) is 6.44. The summed E-state index contributed by atoms with van der Waals surface area (Å²) in [4.78, 5) is 31.2. The highest BCUT2D eigenvalue weighted by atomic mass is 19.4. The second-order valence-corrected chi connectivity index (χ2v) is 6.44. The average Bonchev–Trinajstić information content (AvgIpc) is 2.66. The van der Waals surface area contributed by atoms with E-state index in [1.165, 1.54) is 24.3 Å². The largest absolute Gasteiger partial charge is 0.573 e. The molecule has 0 aliphatic carbocycles. The normalized spacial score (nSPS) is 12.6. The van der Waals surface area contributed by atoms with E-state index in [0.717, 1.165) is 0 Å². The standard InChI is InChI=1S/C20H18F3N3O3/c1-12(13-6-8-14(9-7-13)29-20(21,22)23)24-18(27)11-10-17-25-16-5-3-2-4-15(16)19(28)26-17/h2-9,12H,10-11H2,1H3,(H,24,27)(H,25,26,28). The van der Waals surface area contributed by atoms with Crippen molar-refractivity contribution in [1.82, 2.24) is 15.3 Å². The van der Waals surface area contributed by atoms with Crippen LogP contribution >= 0.6 is 0 Å². The van der Waals surface area contributed by atoms with Crippen molar-refractivity contribution < 1.29 is 22.7 Å². The Morgan fingerprint density at radius 2 is 1.86 bits per heavy atom. The number of carbonyl (C=O) groups is 1. The number of hydrogen-bond acceptors (Lipinski definition) is 4. The molecule has 1 atom stereocenters. The summed E-state index contributed by atoms with van der Waals surface area (Å²) >= 11 is 0. The minimum atomic E-state index is -4.75. The number of halogens is 3. The summed E-state index contributed by atoms with van der Waals surface area (Å²) in [6.07, 6.45) is -4.41. The van der Waals surface area contributed by atoms with E-state index in [-0.39, 0.29) is 30.1 Å². The Morgan fingerprint density at radius 1 is 1.17 bits per heavy atom. The molecule has 0 spiro atoms. The van der Waals surface area contributed by atoms with Crippen LogP contribution < -0.4 is 15.6 Å². The van der Waals surface area contributed by atoms with Gasteiger partial charge in [0.15, 0.2) is 0 Å². The lowest BCUT2D eigenvalue weighted by Gasteiger charge is -2.15. The molecule has 152 valence electrons. The Hall–Kier alpha value is -3.36. The lowest BCUT2D eigenvalue weighted by molar-refractivity contribution is -0.274. The smallest absolute Gasteiger partial charge is 0.406 e. The summed E-state index contributed by atoms with van der Waals surface area (Å²) in [5, 5.41) is 3.24. The number of aryl methyl sites for hydroxylation is 1. The molecule has 3 rings (SSSR count). The van der Waals surface area contributed by atoms with Gasteiger partial charge in [0.25, 0.3) is 5.56 Å². The van der Waals surface area contributed by atoms with Gasteiger partial charge in [-0.2, -0.15) is 0 Å². The Balaban J connectivity index is 1.57. The summed E-state index contributed by atoms with van der Waals surface area (Å²) in [5.41, 5.74) is 0.923. The molecule has 0 aliphatic rings. The third kappa shape index (κ3) is 5.56. The first-order valence-corrected chi connectivity index (χ1v) is 8.84. The SMILES string of the molecule is CC(NC(=O)CCc1nc2ccccc2c(=O)[nH]1)c1ccc(OC(F)(F)F)cc1. The van der Waals surface area contributed by atoms with Gasteiger partial charge in [-0.3, -0.25) is 9.59 Å². The predicted octanol–water partition coefficient (Wildman–Crippen LogP) is 3.63. The first-order chi connectivity index (χ1) is 13.7. The molecule has 2 aromatic carbocycles. The maximum Gasteiger partial charge on any atom is 0.573 e. The monoisotopic (exact) mass is 405 g/mol. The molecule has 1 heterocycles. The quantitative estimate of drug-likeness (QED) is 0.656. The van der Waals surface area contributed by atoms with Crippen LogP contribution in [0.5, 0.6) is 5.75 Å². The molecule has 1 amide bonds. The van der Waals surface area contributed by atoms with Gasteiger partial charge >= 0.3 is 6.36 Å². The molecular weight excluding hydrogens is 387 g/mol. The van der Waals surface area contributed by atoms with E-state index in [9.17, 15) is 22.8 Å². The number of alkyl halides is 3. The molecule has 3 aromatic rings. The first kappa shape index (κ1) is 20.4. The Bertz CT molecular complexity index is 1060. The summed E-state index contributed by atoms with van der Waals surface area (Å²) in [5.74, 6) is -0.194. The van der Waals surface area contributed by atoms with Gasteiger partial charge in [0.2, 0.25) is 5.91 Å². The number of nitrogens with zero attached hydrogens (tertiary/aromatic N) is 1. The van der Waals surface area contributed by atoms with Gasteiger partial charge in [-0.15, -0.1) is 13.2 Å². The molecule has 0 saturated carbocycles. The highest BCUT2D eigenvalue weighted by Gasteiger charge is 2.31. The number of hydrogen-bond donors (Lipinski definition) is 2. The zero-order valence-corrected chi connectivity index (χ0v) is 15.4. The van der Waals surface area contributed by atoms with Crippen molar-refractivity contribution in [3.8, 4) is 5.75 Å². The van der Waals surface area contributed by atoms with Crippen LogP contribution in [0.1, 0.15) is 30.8 Å². The molecular formula is C20H18F3N3O3. The minimum Gasteiger partial charge on any atom is -0.406 e. The first-order valence-electron chi connectivity index (χ1n) is 8.84. The fourth-order valence-electron chi connectivity index (χ4n) is 2.84. The van der Waals surface area contributed by atoms with Crippen LogP contribution in [0.4, 0.5) is 13.2 Å². The van der Waals surface area contributed by atoms with Gasteiger partial charge in [0, 0.05) is 12.8 Å². The number of carbonyl (C=O) groups excluding carboxylic acids is 1. The zero-order valence-electron chi connectivity index (χ0n) is 15.4. The van der Waals surface area contributed by atoms with Gasteiger partial charge in [-0.05, 0) is 36.8 Å². The fraction of sp³-hybridized carbons (Fsp3) is 0.250. The van der Waals surface area contributed by atoms with E-state index >= 15 is 0 Å². The van der Waals surface area contributed by atoms with Gasteiger partial charge in [-0.1, -0.05) is 24.3 Å². The third-order valence-corrected chi connectivity index (χ3v) is 4.24. The Morgan fingerprint density at radius 3 is 2.55 bits per heavy atom. The number of fused-ring (bicyclic) bond motifs is 1. The van der Waals surface area contributed by atoms with Gasteiger partial charge in [0.05, 0.1) is 16.9 Å². The van der Waals surface area contributed by atoms with Crippen molar-refractivity contribution in [2.24, 2.45) is 0 Å². The van der Waals surface area contributed by atoms with Gasteiger partial charge in [-0.25, -0.2) is 4.98 Å². The van der Waals surface area contributed by atoms with Crippen molar-refractivity contribution >= 4 is 16.8 Å². The number of aromatic nitrogens is 2. The molecule has 2 N–H and O–H groups in total. The number of para-hydroxylation sites is 1. The summed E-state index contributed by atoms with van der Waals surface area (Å²) < 4.78 is 40.4. The summed E-state index contributed by atoms with van der Waals surface area (Å²) in [6.45, 7) is 1.72. The van der Waals surface area contributed by atoms with Crippen molar-refractivity contribution in [2.75, 3.05) is 0 Å². The summed E-state index contributed by atoms with van der Waals surface area (Å²) in [6, 6.07) is 11.8. The molecule has 1 aromatic heterocycles. The Kier molecular flexibility index (Phi) is 5.86. The molecule has 0 aliphatic heterocycles. The third-order valence-electron chi connectivity index (χ3n) is 4.24. The zero-order chi connectivity index (χ0) is 21.0. The van der Waals surface area contributed by atoms with E-state index in [1.807, 2.05) is 0 Å². The van der Waals surface area contributed by atoms with E-state index in [2.05, 4.69) is 20.0 Å². The van der Waals surface area contributed by atoms with Crippen molar-refractivity contribution in [2.45, 2.75) is 32.2 Å². The van der Waals surface area contributed by atoms with Crippen LogP contribution in [0.2, 0.25) is 0 Å². The predicted molar refractivity (Wildman–Crippen MR) is 100 cm³/mol. The lowest BCUT2D eigenvalue weighted by atomic mass is 10.1. The Labute approximate surface area is 163 Å². The number of benzene rings is 2. The highest BCUT2D eigenvalue weighted by molar-refractivity contribution is 5.78. The summed E-state index contributed by atoms with van der Waals surface area (Å²) in [7, 11) is 0. The maximum absolute atomic E-state index is 12.2. The molecule has 0 bridgehead atoms. The van der Waals surface area contributed by atoms with E-state index in [0.29, 0.717) is 22.3 Å². The van der Waals surface area contributed by atoms with Crippen LogP contribution in [0, 0.1) is 0 Å². The maximum atomic E-state index is 12.2. The fourth-order valence-corrected chi connectivity index (χ4v) is 2.84. The van der Waals surface area contributed by atoms with Crippen molar-refractivity contribution in [3.63, 3.8) is 0 Å². The second kappa shape index (κ2) is 8.34. The molecule has 0 saturated heterocycles. The molecule has 9 heteroatoms. The molecule has 0 fully saturated rings. The molecule has 1 unspecified atom stereocenters. The van der Waals surface area contributed by atoms with E-state index < -0.39 is 12.4 Å². The number of amides is 1. The van der Waals surface area contributed by atoms with E-state index in [1.54, 1.807) is 31.2 Å². The van der Waals surface area contributed by atoms with Gasteiger partial charge < -0.3 is 15.0 Å². The molecule has 6 nitrogen and oxygen atoms in total. The molecule has 29 heavy (non-hydrogen) atoms.